The molecule has 1 aromatic heterocycles. The number of anilines is 1. The maximum Gasteiger partial charge on any atom is 0.445 e. The van der Waals surface area contributed by atoms with Crippen molar-refractivity contribution in [1.29, 1.82) is 0 Å². The highest BCUT2D eigenvalue weighted by atomic mass is 32.1. The lowest BCUT2D eigenvalue weighted by molar-refractivity contribution is -0.138. The predicted molar refractivity (Wildman–Crippen MR) is 64.3 cm³/mol. The summed E-state index contributed by atoms with van der Waals surface area (Å²) in [4.78, 5) is 11.7. The molecular formula is C11H5F6N3OS. The third-order valence-corrected chi connectivity index (χ3v) is 3.25. The van der Waals surface area contributed by atoms with E-state index in [1.165, 1.54) is 0 Å². The molecule has 22 heavy (non-hydrogen) atoms. The third kappa shape index (κ3) is 3.72. The quantitative estimate of drug-likeness (QED) is 0.845. The van der Waals surface area contributed by atoms with E-state index in [-0.39, 0.29) is 16.9 Å². The number of halogens is 6. The second kappa shape index (κ2) is 5.55. The molecule has 0 aliphatic rings. The average Bonchev–Trinajstić information content (AvgIpc) is 2.86. The van der Waals surface area contributed by atoms with Crippen molar-refractivity contribution in [3.63, 3.8) is 0 Å². The monoisotopic (exact) mass is 341 g/mol. The number of carbonyl (C=O) groups excluding carboxylic acids is 1. The Morgan fingerprint density at radius 3 is 2.00 bits per heavy atom. The first kappa shape index (κ1) is 16.2. The molecule has 0 aliphatic carbocycles. The number of nitrogens with one attached hydrogen (secondary N) is 1. The van der Waals surface area contributed by atoms with Crippen LogP contribution in [0.5, 0.6) is 0 Å². The number of amides is 1. The second-order valence-electron chi connectivity index (χ2n) is 3.94. The van der Waals surface area contributed by atoms with Gasteiger partial charge in [0.25, 0.3) is 5.91 Å². The van der Waals surface area contributed by atoms with E-state index in [1.54, 1.807) is 0 Å². The molecule has 0 aliphatic heterocycles. The van der Waals surface area contributed by atoms with Gasteiger partial charge >= 0.3 is 12.4 Å². The zero-order valence-corrected chi connectivity index (χ0v) is 11.1. The number of hydrogen-bond acceptors (Lipinski definition) is 4. The minimum absolute atomic E-state index is 0.111. The molecule has 118 valence electrons. The number of alkyl halides is 6. The number of aromatic nitrogens is 2. The number of rotatable bonds is 2. The lowest BCUT2D eigenvalue weighted by Gasteiger charge is -2.07. The van der Waals surface area contributed by atoms with Crippen LogP contribution in [-0.2, 0) is 12.4 Å². The van der Waals surface area contributed by atoms with E-state index in [0.29, 0.717) is 12.1 Å². The van der Waals surface area contributed by atoms with Crippen LogP contribution in [0.15, 0.2) is 24.3 Å². The van der Waals surface area contributed by atoms with E-state index >= 15 is 0 Å². The summed E-state index contributed by atoms with van der Waals surface area (Å²) >= 11 is 0.111. The van der Waals surface area contributed by atoms with Gasteiger partial charge in [0.2, 0.25) is 10.1 Å². The Labute approximate surface area is 122 Å². The van der Waals surface area contributed by atoms with Crippen LogP contribution in [0.3, 0.4) is 0 Å². The first-order valence-corrected chi connectivity index (χ1v) is 6.28. The molecule has 11 heteroatoms. The van der Waals surface area contributed by atoms with E-state index in [9.17, 15) is 31.1 Å². The van der Waals surface area contributed by atoms with Gasteiger partial charge in [-0.25, -0.2) is 0 Å². The zero-order chi connectivity index (χ0) is 16.5. The molecule has 1 heterocycles. The van der Waals surface area contributed by atoms with Crippen LogP contribution in [0, 0.1) is 0 Å². The summed E-state index contributed by atoms with van der Waals surface area (Å²) in [6.45, 7) is 0. The van der Waals surface area contributed by atoms with Gasteiger partial charge < -0.3 is 0 Å². The summed E-state index contributed by atoms with van der Waals surface area (Å²) in [5.41, 5.74) is -1.10. The van der Waals surface area contributed by atoms with Gasteiger partial charge in [0, 0.05) is 5.56 Å². The molecule has 1 amide bonds. The van der Waals surface area contributed by atoms with Crippen LogP contribution >= 0.6 is 11.3 Å². The molecule has 0 radical (unpaired) electrons. The molecule has 4 nitrogen and oxygen atoms in total. The van der Waals surface area contributed by atoms with Gasteiger partial charge in [-0.3, -0.25) is 10.1 Å². The van der Waals surface area contributed by atoms with Gasteiger partial charge in [-0.2, -0.15) is 26.3 Å². The summed E-state index contributed by atoms with van der Waals surface area (Å²) in [6.07, 6.45) is -9.23. The maximum atomic E-state index is 12.4. The first-order valence-electron chi connectivity index (χ1n) is 5.46. The number of benzene rings is 1. The highest BCUT2D eigenvalue weighted by Gasteiger charge is 2.36. The fraction of sp³-hybridized carbons (Fsp3) is 0.182. The van der Waals surface area contributed by atoms with E-state index in [4.69, 9.17) is 0 Å². The van der Waals surface area contributed by atoms with E-state index in [0.717, 1.165) is 12.1 Å². The van der Waals surface area contributed by atoms with Crippen molar-refractivity contribution in [3.05, 3.63) is 40.4 Å². The highest BCUT2D eigenvalue weighted by Crippen LogP contribution is 2.33. The molecule has 1 N–H and O–H groups in total. The first-order chi connectivity index (χ1) is 10.1. The molecule has 1 aromatic carbocycles. The number of hydrogen-bond donors (Lipinski definition) is 1. The second-order valence-corrected chi connectivity index (χ2v) is 4.92. The van der Waals surface area contributed by atoms with Crippen LogP contribution in [0.1, 0.15) is 20.9 Å². The molecule has 0 saturated carbocycles. The van der Waals surface area contributed by atoms with Crippen molar-refractivity contribution in [3.8, 4) is 0 Å². The molecule has 0 unspecified atom stereocenters. The van der Waals surface area contributed by atoms with E-state index in [1.807, 2.05) is 5.32 Å². The molecule has 2 rings (SSSR count). The van der Waals surface area contributed by atoms with E-state index < -0.39 is 34.0 Å². The van der Waals surface area contributed by atoms with E-state index in [2.05, 4.69) is 10.2 Å². The van der Waals surface area contributed by atoms with Gasteiger partial charge in [-0.15, -0.1) is 10.2 Å². The molecule has 0 saturated heterocycles. The topological polar surface area (TPSA) is 54.9 Å². The van der Waals surface area contributed by atoms with Gasteiger partial charge in [-0.05, 0) is 24.3 Å². The average molecular weight is 341 g/mol. The fourth-order valence-electron chi connectivity index (χ4n) is 1.37. The van der Waals surface area contributed by atoms with Crippen molar-refractivity contribution in [2.75, 3.05) is 5.32 Å². The van der Waals surface area contributed by atoms with Crippen molar-refractivity contribution in [2.24, 2.45) is 0 Å². The van der Waals surface area contributed by atoms with Crippen LogP contribution in [0.4, 0.5) is 31.5 Å². The van der Waals surface area contributed by atoms with Crippen molar-refractivity contribution in [1.82, 2.24) is 10.2 Å². The molecule has 0 fully saturated rings. The summed E-state index contributed by atoms with van der Waals surface area (Å²) in [5, 5.41) is 6.39. The molecule has 0 bridgehead atoms. The van der Waals surface area contributed by atoms with Crippen molar-refractivity contribution < 1.29 is 31.1 Å². The fourth-order valence-corrected chi connectivity index (χ4v) is 1.97. The summed E-state index contributed by atoms with van der Waals surface area (Å²) in [7, 11) is 0. The minimum Gasteiger partial charge on any atom is -0.296 e. The highest BCUT2D eigenvalue weighted by molar-refractivity contribution is 7.15. The Morgan fingerprint density at radius 1 is 0.955 bits per heavy atom. The normalized spacial score (nSPS) is 12.3. The largest absolute Gasteiger partial charge is 0.445 e. The summed E-state index contributed by atoms with van der Waals surface area (Å²) in [5.74, 6) is -0.890. The van der Waals surface area contributed by atoms with Gasteiger partial charge in [0.15, 0.2) is 0 Å². The Bertz CT molecular complexity index is 676. The Hall–Kier alpha value is -2.17. The minimum atomic E-state index is -4.69. The van der Waals surface area contributed by atoms with Crippen molar-refractivity contribution >= 4 is 22.4 Å². The lowest BCUT2D eigenvalue weighted by atomic mass is 10.1. The van der Waals surface area contributed by atoms with Crippen LogP contribution in [0.25, 0.3) is 0 Å². The number of nitrogens with zero attached hydrogens (tertiary/aromatic N) is 2. The third-order valence-electron chi connectivity index (χ3n) is 2.36. The lowest BCUT2D eigenvalue weighted by Crippen LogP contribution is -2.12. The van der Waals surface area contributed by atoms with Gasteiger partial charge in [0.1, 0.15) is 0 Å². The standard InChI is InChI=1S/C11H5F6N3OS/c12-10(13,14)6-3-1-5(2-4-6)7(21)18-9-20-19-8(22-9)11(15,16)17/h1-4H,(H,18,20,21). The zero-order valence-electron chi connectivity index (χ0n) is 10.3. The van der Waals surface area contributed by atoms with Crippen LogP contribution < -0.4 is 5.32 Å². The molecule has 0 spiro atoms. The van der Waals surface area contributed by atoms with Crippen LogP contribution in [-0.4, -0.2) is 16.1 Å². The molecule has 2 aromatic rings. The summed E-state index contributed by atoms with van der Waals surface area (Å²) in [6, 6.07) is 3.19. The SMILES string of the molecule is O=C(Nc1nnc(C(F)(F)F)s1)c1ccc(C(F)(F)F)cc1. The predicted octanol–water partition coefficient (Wildman–Crippen LogP) is 3.83. The van der Waals surface area contributed by atoms with Gasteiger partial charge in [-0.1, -0.05) is 11.3 Å². The Morgan fingerprint density at radius 2 is 1.55 bits per heavy atom. The van der Waals surface area contributed by atoms with Crippen molar-refractivity contribution in [2.45, 2.75) is 12.4 Å². The number of carbonyl (C=O) groups is 1. The smallest absolute Gasteiger partial charge is 0.296 e. The summed E-state index contributed by atoms with van der Waals surface area (Å²) < 4.78 is 74.0. The Balaban J connectivity index is 2.11. The Kier molecular flexibility index (Phi) is 4.09. The van der Waals surface area contributed by atoms with Crippen LogP contribution in [0.2, 0.25) is 0 Å². The molecular weight excluding hydrogens is 336 g/mol. The van der Waals surface area contributed by atoms with Gasteiger partial charge in [0.05, 0.1) is 5.56 Å². The maximum absolute atomic E-state index is 12.4. The molecule has 0 atom stereocenters.